The van der Waals surface area contributed by atoms with Crippen LogP contribution in [0, 0.1) is 0 Å². The second-order valence-corrected chi connectivity index (χ2v) is 6.31. The fraction of sp³-hybridized carbons (Fsp3) is 0.500. The van der Waals surface area contributed by atoms with Crippen LogP contribution in [0.1, 0.15) is 32.3 Å². The van der Waals surface area contributed by atoms with Crippen molar-refractivity contribution in [1.29, 1.82) is 0 Å². The van der Waals surface area contributed by atoms with Gasteiger partial charge in [-0.2, -0.15) is 0 Å². The van der Waals surface area contributed by atoms with Gasteiger partial charge in [-0.25, -0.2) is 14.8 Å². The molecule has 2 heterocycles. The van der Waals surface area contributed by atoms with Crippen LogP contribution in [0.25, 0.3) is 11.0 Å². The summed E-state index contributed by atoms with van der Waals surface area (Å²) >= 11 is 6.13. The summed E-state index contributed by atoms with van der Waals surface area (Å²) in [4.78, 5) is 22.9. The number of amides is 1. The summed E-state index contributed by atoms with van der Waals surface area (Å²) in [5.74, 6) is -0.121. The number of alkyl carbamates (subject to hydrolysis) is 1. The Bertz CT molecular complexity index is 665. The molecule has 22 heavy (non-hydrogen) atoms. The molecule has 0 aliphatic carbocycles. The number of aromatic nitrogens is 3. The predicted molar refractivity (Wildman–Crippen MR) is 84.9 cm³/mol. The third-order valence-corrected chi connectivity index (χ3v) is 3.36. The van der Waals surface area contributed by atoms with Crippen molar-refractivity contribution in [3.8, 4) is 0 Å². The number of nitrogens with two attached hydrogens (primary N) is 1. The highest BCUT2D eigenvalue weighted by molar-refractivity contribution is 6.34. The van der Waals surface area contributed by atoms with Crippen molar-refractivity contribution in [3.63, 3.8) is 0 Å². The summed E-state index contributed by atoms with van der Waals surface area (Å²) in [7, 11) is 0. The Morgan fingerprint density at radius 2 is 2.23 bits per heavy atom. The number of nitrogens with zero attached hydrogens (tertiary/aromatic N) is 2. The van der Waals surface area contributed by atoms with E-state index in [1.165, 1.54) is 6.33 Å². The smallest absolute Gasteiger partial charge is 0.407 e. The highest BCUT2D eigenvalue weighted by Crippen LogP contribution is 2.28. The van der Waals surface area contributed by atoms with Crippen LogP contribution in [-0.4, -0.2) is 39.7 Å². The molecule has 0 spiro atoms. The normalized spacial score (nSPS) is 13.1. The highest BCUT2D eigenvalue weighted by Gasteiger charge is 2.20. The first-order valence-corrected chi connectivity index (χ1v) is 7.34. The second kappa shape index (κ2) is 6.50. The molecule has 1 atom stereocenters. The quantitative estimate of drug-likeness (QED) is 0.747. The van der Waals surface area contributed by atoms with Crippen LogP contribution in [0.5, 0.6) is 0 Å². The summed E-state index contributed by atoms with van der Waals surface area (Å²) in [6.07, 6.45) is 2.70. The van der Waals surface area contributed by atoms with E-state index in [0.717, 1.165) is 10.9 Å². The molecule has 0 aliphatic heterocycles. The van der Waals surface area contributed by atoms with Gasteiger partial charge < -0.3 is 20.8 Å². The zero-order valence-electron chi connectivity index (χ0n) is 12.8. The van der Waals surface area contributed by atoms with Crippen molar-refractivity contribution in [1.82, 2.24) is 20.3 Å². The van der Waals surface area contributed by atoms with Crippen molar-refractivity contribution in [2.45, 2.75) is 32.3 Å². The summed E-state index contributed by atoms with van der Waals surface area (Å²) in [6.45, 7) is 6.11. The van der Waals surface area contributed by atoms with Gasteiger partial charge >= 0.3 is 6.09 Å². The molecule has 8 heteroatoms. The largest absolute Gasteiger partial charge is 0.444 e. The maximum atomic E-state index is 11.7. The van der Waals surface area contributed by atoms with Crippen molar-refractivity contribution in [2.75, 3.05) is 13.1 Å². The van der Waals surface area contributed by atoms with E-state index in [2.05, 4.69) is 20.3 Å². The summed E-state index contributed by atoms with van der Waals surface area (Å²) in [6, 6.07) is 0. The molecule has 1 unspecified atom stereocenters. The fourth-order valence-corrected chi connectivity index (χ4v) is 2.35. The standard InChI is InChI=1S/C14H20ClN5O2/c1-14(2,3)22-13(21)18-5-8(4-16)9-6-17-12-10(9)11(15)19-7-20-12/h6-8H,4-5,16H2,1-3H3,(H,18,21)(H,17,19,20). The zero-order chi connectivity index (χ0) is 16.3. The number of hydrogen-bond donors (Lipinski definition) is 3. The van der Waals surface area contributed by atoms with Crippen LogP contribution in [0.3, 0.4) is 0 Å². The first kappa shape index (κ1) is 16.5. The van der Waals surface area contributed by atoms with Gasteiger partial charge in [0.2, 0.25) is 0 Å². The summed E-state index contributed by atoms with van der Waals surface area (Å²) in [5, 5.41) is 3.81. The van der Waals surface area contributed by atoms with E-state index in [4.69, 9.17) is 22.1 Å². The molecule has 0 aromatic carbocycles. The molecule has 0 fully saturated rings. The Morgan fingerprint density at radius 1 is 1.50 bits per heavy atom. The average Bonchev–Trinajstić information content (AvgIpc) is 2.83. The lowest BCUT2D eigenvalue weighted by molar-refractivity contribution is 0.0525. The molecule has 2 rings (SSSR count). The van der Waals surface area contributed by atoms with E-state index in [9.17, 15) is 4.79 Å². The minimum absolute atomic E-state index is 0.121. The highest BCUT2D eigenvalue weighted by atomic mass is 35.5. The third kappa shape index (κ3) is 3.86. The number of aromatic amines is 1. The summed E-state index contributed by atoms with van der Waals surface area (Å²) < 4.78 is 5.21. The number of fused-ring (bicyclic) bond motifs is 1. The molecule has 1 amide bonds. The second-order valence-electron chi connectivity index (χ2n) is 5.95. The van der Waals surface area contributed by atoms with Crippen molar-refractivity contribution >= 4 is 28.7 Å². The molecular formula is C14H20ClN5O2. The molecule has 4 N–H and O–H groups in total. The van der Waals surface area contributed by atoms with Gasteiger partial charge in [0.15, 0.2) is 0 Å². The van der Waals surface area contributed by atoms with Crippen LogP contribution in [0.2, 0.25) is 5.15 Å². The van der Waals surface area contributed by atoms with Gasteiger partial charge in [0.05, 0.1) is 5.39 Å². The van der Waals surface area contributed by atoms with Gasteiger partial charge in [0.1, 0.15) is 22.7 Å². The lowest BCUT2D eigenvalue weighted by atomic mass is 10.00. The third-order valence-electron chi connectivity index (χ3n) is 3.07. The maximum absolute atomic E-state index is 11.7. The summed E-state index contributed by atoms with van der Waals surface area (Å²) in [5.41, 5.74) is 6.81. The van der Waals surface area contributed by atoms with Gasteiger partial charge in [-0.05, 0) is 26.3 Å². The molecule has 0 saturated carbocycles. The number of carbonyl (C=O) groups excluding carboxylic acids is 1. The molecule has 0 saturated heterocycles. The van der Waals surface area contributed by atoms with Gasteiger partial charge in [-0.3, -0.25) is 0 Å². The van der Waals surface area contributed by atoms with Crippen LogP contribution in [0.15, 0.2) is 12.5 Å². The van der Waals surface area contributed by atoms with Gasteiger partial charge in [0, 0.05) is 25.2 Å². The molecule has 2 aromatic rings. The van der Waals surface area contributed by atoms with E-state index in [1.807, 2.05) is 20.8 Å². The number of H-pyrrole nitrogens is 1. The molecule has 0 bridgehead atoms. The predicted octanol–water partition coefficient (Wildman–Crippen LogP) is 2.18. The monoisotopic (exact) mass is 325 g/mol. The molecule has 0 radical (unpaired) electrons. The Morgan fingerprint density at radius 3 is 2.86 bits per heavy atom. The number of nitrogens with one attached hydrogen (secondary N) is 2. The number of carbonyl (C=O) groups is 1. The van der Waals surface area contributed by atoms with Gasteiger partial charge in [-0.15, -0.1) is 0 Å². The van der Waals surface area contributed by atoms with Gasteiger partial charge in [0.25, 0.3) is 0 Å². The number of halogens is 1. The Kier molecular flexibility index (Phi) is 4.87. The van der Waals surface area contributed by atoms with Crippen molar-refractivity contribution in [3.05, 3.63) is 23.2 Å². The molecule has 7 nitrogen and oxygen atoms in total. The van der Waals surface area contributed by atoms with Crippen molar-refractivity contribution < 1.29 is 9.53 Å². The lowest BCUT2D eigenvalue weighted by Gasteiger charge is -2.21. The Balaban J connectivity index is 2.13. The van der Waals surface area contributed by atoms with Crippen LogP contribution in [0.4, 0.5) is 4.79 Å². The zero-order valence-corrected chi connectivity index (χ0v) is 13.6. The van der Waals surface area contributed by atoms with E-state index < -0.39 is 11.7 Å². The number of ether oxygens (including phenoxy) is 1. The van der Waals surface area contributed by atoms with Crippen molar-refractivity contribution in [2.24, 2.45) is 5.73 Å². The van der Waals surface area contributed by atoms with E-state index >= 15 is 0 Å². The van der Waals surface area contributed by atoms with Gasteiger partial charge in [-0.1, -0.05) is 11.6 Å². The minimum Gasteiger partial charge on any atom is -0.444 e. The fourth-order valence-electron chi connectivity index (χ4n) is 2.11. The topological polar surface area (TPSA) is 106 Å². The molecule has 0 aliphatic rings. The van der Waals surface area contributed by atoms with Crippen LogP contribution in [-0.2, 0) is 4.74 Å². The first-order chi connectivity index (χ1) is 10.3. The minimum atomic E-state index is -0.541. The average molecular weight is 326 g/mol. The van der Waals surface area contributed by atoms with Crippen LogP contribution >= 0.6 is 11.6 Å². The molecule has 120 valence electrons. The lowest BCUT2D eigenvalue weighted by Crippen LogP contribution is -2.36. The van der Waals surface area contributed by atoms with E-state index in [-0.39, 0.29) is 5.92 Å². The van der Waals surface area contributed by atoms with Crippen LogP contribution < -0.4 is 11.1 Å². The SMILES string of the molecule is CC(C)(C)OC(=O)NCC(CN)c1c[nH]c2ncnc(Cl)c12. The Hall–Kier alpha value is -1.86. The molecule has 2 aromatic heterocycles. The van der Waals surface area contributed by atoms with E-state index in [1.54, 1.807) is 6.20 Å². The number of rotatable bonds is 4. The van der Waals surface area contributed by atoms with E-state index in [0.29, 0.717) is 23.9 Å². The number of hydrogen-bond acceptors (Lipinski definition) is 5. The first-order valence-electron chi connectivity index (χ1n) is 6.96. The Labute approximate surface area is 133 Å². The maximum Gasteiger partial charge on any atom is 0.407 e. The molecular weight excluding hydrogens is 306 g/mol.